The van der Waals surface area contributed by atoms with Gasteiger partial charge in [-0.1, -0.05) is 18.5 Å². The van der Waals surface area contributed by atoms with Gasteiger partial charge in [-0.15, -0.1) is 0 Å². The minimum atomic E-state index is -0.616. The van der Waals surface area contributed by atoms with Crippen molar-refractivity contribution >= 4 is 28.9 Å². The van der Waals surface area contributed by atoms with Crippen molar-refractivity contribution in [2.45, 2.75) is 13.3 Å². The molecule has 2 aromatic rings. The summed E-state index contributed by atoms with van der Waals surface area (Å²) < 4.78 is 1.57. The van der Waals surface area contributed by atoms with Crippen molar-refractivity contribution in [2.75, 3.05) is 5.32 Å². The number of carbonyl (C=O) groups excluding carboxylic acids is 1. The SMILES string of the molecule is CCc1nn(C)cc1NC(=O)c1cc(Cl)ccc1[N+](=O)[O-]. The fourth-order valence-electron chi connectivity index (χ4n) is 1.94. The summed E-state index contributed by atoms with van der Waals surface area (Å²) in [6.45, 7) is 1.90. The molecule has 1 heterocycles. The van der Waals surface area contributed by atoms with Crippen molar-refractivity contribution in [3.05, 3.63) is 50.8 Å². The molecule has 0 unspecified atom stereocenters. The van der Waals surface area contributed by atoms with Crippen LogP contribution in [0.2, 0.25) is 5.02 Å². The molecule has 1 aromatic heterocycles. The second kappa shape index (κ2) is 5.92. The first-order valence-corrected chi connectivity index (χ1v) is 6.58. The number of anilines is 1. The van der Waals surface area contributed by atoms with Crippen LogP contribution in [0.4, 0.5) is 11.4 Å². The zero-order valence-electron chi connectivity index (χ0n) is 11.5. The number of rotatable bonds is 4. The quantitative estimate of drug-likeness (QED) is 0.694. The van der Waals surface area contributed by atoms with Crippen molar-refractivity contribution in [2.24, 2.45) is 7.05 Å². The number of benzene rings is 1. The molecule has 21 heavy (non-hydrogen) atoms. The summed E-state index contributed by atoms with van der Waals surface area (Å²) in [7, 11) is 1.73. The van der Waals surface area contributed by atoms with Crippen LogP contribution in [0.5, 0.6) is 0 Å². The minimum Gasteiger partial charge on any atom is -0.319 e. The van der Waals surface area contributed by atoms with E-state index in [1.54, 1.807) is 17.9 Å². The highest BCUT2D eigenvalue weighted by atomic mass is 35.5. The molecule has 0 spiro atoms. The number of hydrogen-bond donors (Lipinski definition) is 1. The maximum atomic E-state index is 12.3. The van der Waals surface area contributed by atoms with Crippen LogP contribution in [-0.4, -0.2) is 20.6 Å². The number of aryl methyl sites for hydroxylation is 2. The van der Waals surface area contributed by atoms with Crippen molar-refractivity contribution in [1.29, 1.82) is 0 Å². The van der Waals surface area contributed by atoms with Crippen LogP contribution in [0, 0.1) is 10.1 Å². The molecular formula is C13H13ClN4O3. The van der Waals surface area contributed by atoms with Crippen LogP contribution >= 0.6 is 11.6 Å². The Kier molecular flexibility index (Phi) is 4.23. The highest BCUT2D eigenvalue weighted by molar-refractivity contribution is 6.31. The normalized spacial score (nSPS) is 10.4. The number of carbonyl (C=O) groups is 1. The number of amides is 1. The maximum absolute atomic E-state index is 12.3. The van der Waals surface area contributed by atoms with Gasteiger partial charge in [0.1, 0.15) is 5.56 Å². The van der Waals surface area contributed by atoms with E-state index in [1.807, 2.05) is 6.92 Å². The molecule has 8 heteroatoms. The van der Waals surface area contributed by atoms with Gasteiger partial charge in [0.05, 0.1) is 16.3 Å². The third-order valence-electron chi connectivity index (χ3n) is 2.89. The molecule has 1 aromatic carbocycles. The average molecular weight is 309 g/mol. The molecule has 7 nitrogen and oxygen atoms in total. The molecule has 0 aliphatic rings. The number of nitro benzene ring substituents is 1. The van der Waals surface area contributed by atoms with Crippen molar-refractivity contribution < 1.29 is 9.72 Å². The molecular weight excluding hydrogens is 296 g/mol. The largest absolute Gasteiger partial charge is 0.319 e. The highest BCUT2D eigenvalue weighted by Gasteiger charge is 2.21. The zero-order chi connectivity index (χ0) is 15.6. The van der Waals surface area contributed by atoms with Crippen LogP contribution in [0.3, 0.4) is 0 Å². The Bertz CT molecular complexity index is 711. The van der Waals surface area contributed by atoms with Gasteiger partial charge in [0.2, 0.25) is 0 Å². The fraction of sp³-hybridized carbons (Fsp3) is 0.231. The lowest BCUT2D eigenvalue weighted by atomic mass is 10.1. The Labute approximate surface area is 125 Å². The molecule has 0 atom stereocenters. The molecule has 0 aliphatic carbocycles. The van der Waals surface area contributed by atoms with Crippen molar-refractivity contribution in [1.82, 2.24) is 9.78 Å². The van der Waals surface area contributed by atoms with E-state index in [0.717, 1.165) is 0 Å². The Hall–Kier alpha value is -2.41. The fourth-order valence-corrected chi connectivity index (χ4v) is 2.11. The standard InChI is InChI=1S/C13H13ClN4O3/c1-3-10-11(7-17(2)16-10)15-13(19)9-6-8(14)4-5-12(9)18(20)21/h4-7H,3H2,1-2H3,(H,15,19). The lowest BCUT2D eigenvalue weighted by molar-refractivity contribution is -0.385. The average Bonchev–Trinajstić information content (AvgIpc) is 2.78. The minimum absolute atomic E-state index is 0.0848. The smallest absolute Gasteiger partial charge is 0.282 e. The molecule has 0 saturated heterocycles. The second-order valence-electron chi connectivity index (χ2n) is 4.39. The monoisotopic (exact) mass is 308 g/mol. The van der Waals surface area contributed by atoms with Gasteiger partial charge in [0.25, 0.3) is 11.6 Å². The van der Waals surface area contributed by atoms with Crippen LogP contribution in [0.15, 0.2) is 24.4 Å². The molecule has 1 N–H and O–H groups in total. The first-order chi connectivity index (χ1) is 9.92. The predicted molar refractivity (Wildman–Crippen MR) is 78.6 cm³/mol. The predicted octanol–water partition coefficient (Wildman–Crippen LogP) is 2.80. The Morgan fingerprint density at radius 2 is 2.24 bits per heavy atom. The molecule has 0 saturated carbocycles. The summed E-state index contributed by atoms with van der Waals surface area (Å²) in [6.07, 6.45) is 2.28. The van der Waals surface area contributed by atoms with Gasteiger partial charge in [-0.25, -0.2) is 0 Å². The number of halogens is 1. The molecule has 2 rings (SSSR count). The molecule has 0 fully saturated rings. The van der Waals surface area contributed by atoms with Gasteiger partial charge >= 0.3 is 0 Å². The van der Waals surface area contributed by atoms with E-state index in [1.165, 1.54) is 18.2 Å². The highest BCUT2D eigenvalue weighted by Crippen LogP contribution is 2.24. The van der Waals surface area contributed by atoms with E-state index in [9.17, 15) is 14.9 Å². The van der Waals surface area contributed by atoms with Crippen LogP contribution in [0.1, 0.15) is 23.0 Å². The lowest BCUT2D eigenvalue weighted by Crippen LogP contribution is -2.14. The van der Waals surface area contributed by atoms with E-state index in [0.29, 0.717) is 17.8 Å². The van der Waals surface area contributed by atoms with Gasteiger partial charge < -0.3 is 5.32 Å². The summed E-state index contributed by atoms with van der Waals surface area (Å²) in [5.74, 6) is -0.591. The molecule has 110 valence electrons. The number of hydrogen-bond acceptors (Lipinski definition) is 4. The number of nitrogens with one attached hydrogen (secondary N) is 1. The molecule has 0 bridgehead atoms. The van der Waals surface area contributed by atoms with Gasteiger partial charge in [0.15, 0.2) is 0 Å². The second-order valence-corrected chi connectivity index (χ2v) is 4.83. The summed E-state index contributed by atoms with van der Waals surface area (Å²) in [4.78, 5) is 22.6. The third kappa shape index (κ3) is 3.19. The number of nitro groups is 1. The molecule has 0 radical (unpaired) electrons. The van der Waals surface area contributed by atoms with E-state index in [4.69, 9.17) is 11.6 Å². The van der Waals surface area contributed by atoms with Crippen LogP contribution in [0.25, 0.3) is 0 Å². The summed E-state index contributed by atoms with van der Waals surface area (Å²) >= 11 is 5.81. The lowest BCUT2D eigenvalue weighted by Gasteiger charge is -2.05. The van der Waals surface area contributed by atoms with Crippen LogP contribution in [-0.2, 0) is 13.5 Å². The zero-order valence-corrected chi connectivity index (χ0v) is 12.2. The Balaban J connectivity index is 2.36. The van der Waals surface area contributed by atoms with Gasteiger partial charge in [-0.3, -0.25) is 19.6 Å². The number of aromatic nitrogens is 2. The number of nitrogens with zero attached hydrogens (tertiary/aromatic N) is 3. The molecule has 1 amide bonds. The topological polar surface area (TPSA) is 90.1 Å². The summed E-state index contributed by atoms with van der Waals surface area (Å²) in [5.41, 5.74) is 0.854. The van der Waals surface area contributed by atoms with Crippen molar-refractivity contribution in [3.63, 3.8) is 0 Å². The maximum Gasteiger partial charge on any atom is 0.282 e. The summed E-state index contributed by atoms with van der Waals surface area (Å²) in [6, 6.07) is 3.86. The van der Waals surface area contributed by atoms with Crippen molar-refractivity contribution in [3.8, 4) is 0 Å². The van der Waals surface area contributed by atoms with Gasteiger partial charge in [-0.2, -0.15) is 5.10 Å². The van der Waals surface area contributed by atoms with E-state index < -0.39 is 10.8 Å². The first-order valence-electron chi connectivity index (χ1n) is 6.20. The summed E-state index contributed by atoms with van der Waals surface area (Å²) in [5, 5.41) is 18.1. The third-order valence-corrected chi connectivity index (χ3v) is 3.12. The Morgan fingerprint density at radius 3 is 2.86 bits per heavy atom. The van der Waals surface area contributed by atoms with Gasteiger partial charge in [0, 0.05) is 24.3 Å². The van der Waals surface area contributed by atoms with E-state index in [2.05, 4.69) is 10.4 Å². The first kappa shape index (κ1) is 15.0. The molecule has 0 aliphatic heterocycles. The van der Waals surface area contributed by atoms with E-state index in [-0.39, 0.29) is 16.3 Å². The van der Waals surface area contributed by atoms with E-state index >= 15 is 0 Å². The Morgan fingerprint density at radius 1 is 1.52 bits per heavy atom. The van der Waals surface area contributed by atoms with Gasteiger partial charge in [-0.05, 0) is 18.6 Å². The van der Waals surface area contributed by atoms with Crippen LogP contribution < -0.4 is 5.32 Å².